The Morgan fingerprint density at radius 3 is 2.46 bits per heavy atom. The minimum atomic E-state index is -3.94. The summed E-state index contributed by atoms with van der Waals surface area (Å²) in [4.78, 5) is 4.26. The molecule has 5 nitrogen and oxygen atoms in total. The zero-order chi connectivity index (χ0) is 18.3. The molecule has 4 rings (SSSR count). The molecule has 1 fully saturated rings. The molecule has 2 aromatic carbocycles. The van der Waals surface area contributed by atoms with Crippen LogP contribution in [0.4, 0.5) is 10.3 Å². The Hall–Kier alpha value is -2.67. The van der Waals surface area contributed by atoms with E-state index in [9.17, 15) is 12.8 Å². The highest BCUT2D eigenvalue weighted by molar-refractivity contribution is 7.91. The molecule has 1 aliphatic carbocycles. The molecule has 0 atom stereocenters. The summed E-state index contributed by atoms with van der Waals surface area (Å²) in [7, 11) is -3.94. The van der Waals surface area contributed by atoms with E-state index in [0.29, 0.717) is 0 Å². The van der Waals surface area contributed by atoms with Crippen LogP contribution in [0, 0.1) is 12.7 Å². The summed E-state index contributed by atoms with van der Waals surface area (Å²) in [5, 5.41) is 2.93. The van der Waals surface area contributed by atoms with Gasteiger partial charge in [0.05, 0.1) is 4.90 Å². The van der Waals surface area contributed by atoms with Crippen LogP contribution in [0.5, 0.6) is 0 Å². The van der Waals surface area contributed by atoms with Crippen LogP contribution >= 0.6 is 0 Å². The Bertz CT molecular complexity index is 1050. The first-order chi connectivity index (χ1) is 12.4. The molecule has 134 valence electrons. The quantitative estimate of drug-likeness (QED) is 0.680. The van der Waals surface area contributed by atoms with Crippen molar-refractivity contribution >= 4 is 15.7 Å². The van der Waals surface area contributed by atoms with Crippen LogP contribution in [0.3, 0.4) is 0 Å². The maximum atomic E-state index is 13.2. The van der Waals surface area contributed by atoms with Gasteiger partial charge in [-0.25, -0.2) is 12.8 Å². The largest absolute Gasteiger partial charge is 0.419 e. The van der Waals surface area contributed by atoms with Crippen LogP contribution in [0.25, 0.3) is 11.5 Å². The van der Waals surface area contributed by atoms with E-state index in [-0.39, 0.29) is 27.7 Å². The second-order valence-electron chi connectivity index (χ2n) is 6.34. The smallest absolute Gasteiger partial charge is 0.234 e. The first kappa shape index (κ1) is 16.8. The number of aryl methyl sites for hydroxylation is 1. The zero-order valence-corrected chi connectivity index (χ0v) is 14.9. The summed E-state index contributed by atoms with van der Waals surface area (Å²) < 4.78 is 45.0. The summed E-state index contributed by atoms with van der Waals surface area (Å²) in [5.74, 6) is -0.122. The molecule has 0 unspecified atom stereocenters. The Kier molecular flexibility index (Phi) is 4.03. The van der Waals surface area contributed by atoms with Crippen molar-refractivity contribution in [3.63, 3.8) is 0 Å². The molecule has 1 heterocycles. The van der Waals surface area contributed by atoms with E-state index in [1.54, 1.807) is 0 Å². The number of nitrogens with one attached hydrogen (secondary N) is 1. The molecule has 1 aliphatic rings. The van der Waals surface area contributed by atoms with Gasteiger partial charge in [0.1, 0.15) is 5.82 Å². The van der Waals surface area contributed by atoms with Crippen LogP contribution in [-0.2, 0) is 9.84 Å². The van der Waals surface area contributed by atoms with E-state index in [1.807, 2.05) is 31.2 Å². The van der Waals surface area contributed by atoms with Crippen molar-refractivity contribution in [2.45, 2.75) is 35.7 Å². The lowest BCUT2D eigenvalue weighted by Gasteiger charge is -2.04. The van der Waals surface area contributed by atoms with Gasteiger partial charge in [0.2, 0.25) is 26.6 Å². The standard InChI is InChI=1S/C19H17FN2O3S/c1-12-4-2-3-5-16(12)17-22-19(18(25-17)21-14-8-9-14)26(23,24)15-10-6-13(20)7-11-15/h2-7,10-11,14,21H,8-9H2,1H3. The van der Waals surface area contributed by atoms with Crippen LogP contribution < -0.4 is 5.32 Å². The Morgan fingerprint density at radius 2 is 1.81 bits per heavy atom. The molecule has 0 amide bonds. The van der Waals surface area contributed by atoms with E-state index in [0.717, 1.165) is 36.1 Å². The van der Waals surface area contributed by atoms with Gasteiger partial charge in [-0.1, -0.05) is 18.2 Å². The third kappa shape index (κ3) is 3.10. The highest BCUT2D eigenvalue weighted by atomic mass is 32.2. The fourth-order valence-corrected chi connectivity index (χ4v) is 3.91. The maximum Gasteiger partial charge on any atom is 0.234 e. The fraction of sp³-hybridized carbons (Fsp3) is 0.211. The Balaban J connectivity index is 1.83. The molecule has 0 spiro atoms. The maximum absolute atomic E-state index is 13.2. The number of sulfone groups is 1. The average Bonchev–Trinajstić information content (AvgIpc) is 3.32. The lowest BCUT2D eigenvalue weighted by atomic mass is 10.1. The van der Waals surface area contributed by atoms with E-state index in [1.165, 1.54) is 12.1 Å². The summed E-state index contributed by atoms with van der Waals surface area (Å²) in [5.41, 5.74) is 1.66. The molecule has 26 heavy (non-hydrogen) atoms. The minimum Gasteiger partial charge on any atom is -0.419 e. The van der Waals surface area contributed by atoms with Gasteiger partial charge in [0, 0.05) is 11.6 Å². The van der Waals surface area contributed by atoms with Gasteiger partial charge in [-0.05, 0) is 55.7 Å². The van der Waals surface area contributed by atoms with Crippen LogP contribution in [0.15, 0.2) is 62.9 Å². The van der Waals surface area contributed by atoms with Gasteiger partial charge in [-0.3, -0.25) is 0 Å². The number of hydrogen-bond donors (Lipinski definition) is 1. The first-order valence-corrected chi connectivity index (χ1v) is 9.77. The van der Waals surface area contributed by atoms with Crippen molar-refractivity contribution in [1.82, 2.24) is 4.98 Å². The lowest BCUT2D eigenvalue weighted by molar-refractivity contribution is 0.576. The molecular formula is C19H17FN2O3S. The van der Waals surface area contributed by atoms with Crippen molar-refractivity contribution < 1.29 is 17.2 Å². The van der Waals surface area contributed by atoms with E-state index in [2.05, 4.69) is 10.3 Å². The van der Waals surface area contributed by atoms with Crippen molar-refractivity contribution in [1.29, 1.82) is 0 Å². The molecule has 0 saturated heterocycles. The normalized spacial score (nSPS) is 14.4. The second-order valence-corrected chi connectivity index (χ2v) is 8.21. The fourth-order valence-electron chi connectivity index (χ4n) is 2.65. The van der Waals surface area contributed by atoms with Crippen LogP contribution in [0.2, 0.25) is 0 Å². The predicted octanol–water partition coefficient (Wildman–Crippen LogP) is 4.20. The molecule has 0 bridgehead atoms. The first-order valence-electron chi connectivity index (χ1n) is 8.29. The van der Waals surface area contributed by atoms with Gasteiger partial charge >= 0.3 is 0 Å². The molecule has 7 heteroatoms. The molecule has 0 aliphatic heterocycles. The highest BCUT2D eigenvalue weighted by Crippen LogP contribution is 2.36. The molecule has 1 N–H and O–H groups in total. The van der Waals surface area contributed by atoms with E-state index < -0.39 is 15.7 Å². The van der Waals surface area contributed by atoms with Gasteiger partial charge < -0.3 is 9.73 Å². The van der Waals surface area contributed by atoms with Gasteiger partial charge in [0.25, 0.3) is 0 Å². The monoisotopic (exact) mass is 372 g/mol. The number of nitrogens with zero attached hydrogens (tertiary/aromatic N) is 1. The summed E-state index contributed by atoms with van der Waals surface area (Å²) >= 11 is 0. The predicted molar refractivity (Wildman–Crippen MR) is 95.2 cm³/mol. The number of oxazole rings is 1. The molecular weight excluding hydrogens is 355 g/mol. The zero-order valence-electron chi connectivity index (χ0n) is 14.1. The summed E-state index contributed by atoms with van der Waals surface area (Å²) in [6.07, 6.45) is 1.91. The van der Waals surface area contributed by atoms with Crippen molar-refractivity contribution in [3.8, 4) is 11.5 Å². The lowest BCUT2D eigenvalue weighted by Crippen LogP contribution is -2.08. The van der Waals surface area contributed by atoms with E-state index in [4.69, 9.17) is 4.42 Å². The topological polar surface area (TPSA) is 72.2 Å². The van der Waals surface area contributed by atoms with Crippen LogP contribution in [0.1, 0.15) is 18.4 Å². The van der Waals surface area contributed by atoms with Gasteiger partial charge in [0.15, 0.2) is 0 Å². The van der Waals surface area contributed by atoms with Gasteiger partial charge in [-0.15, -0.1) is 0 Å². The number of halogens is 1. The van der Waals surface area contributed by atoms with Crippen LogP contribution in [-0.4, -0.2) is 19.4 Å². The highest BCUT2D eigenvalue weighted by Gasteiger charge is 2.32. The number of hydrogen-bond acceptors (Lipinski definition) is 5. The third-order valence-corrected chi connectivity index (χ3v) is 5.94. The Morgan fingerprint density at radius 1 is 1.12 bits per heavy atom. The molecule has 1 saturated carbocycles. The third-order valence-electron chi connectivity index (χ3n) is 4.26. The SMILES string of the molecule is Cc1ccccc1-c1nc(S(=O)(=O)c2ccc(F)cc2)c(NC2CC2)o1. The molecule has 0 radical (unpaired) electrons. The van der Waals surface area contributed by atoms with E-state index >= 15 is 0 Å². The molecule has 3 aromatic rings. The van der Waals surface area contributed by atoms with Crippen molar-refractivity contribution in [2.24, 2.45) is 0 Å². The number of aromatic nitrogens is 1. The Labute approximate surface area is 150 Å². The van der Waals surface area contributed by atoms with Gasteiger partial charge in [-0.2, -0.15) is 4.98 Å². The second kappa shape index (κ2) is 6.25. The van der Waals surface area contributed by atoms with Crippen molar-refractivity contribution in [3.05, 3.63) is 59.9 Å². The summed E-state index contributed by atoms with van der Waals surface area (Å²) in [6.45, 7) is 1.90. The number of anilines is 1. The molecule has 1 aromatic heterocycles. The minimum absolute atomic E-state index is 0.0256. The average molecular weight is 372 g/mol. The van der Waals surface area contributed by atoms with Crippen molar-refractivity contribution in [2.75, 3.05) is 5.32 Å². The summed E-state index contributed by atoms with van der Waals surface area (Å²) in [6, 6.07) is 12.3. The number of benzene rings is 2. The number of rotatable bonds is 5.